The van der Waals surface area contributed by atoms with Gasteiger partial charge in [0.2, 0.25) is 11.8 Å². The van der Waals surface area contributed by atoms with Crippen molar-refractivity contribution in [2.24, 2.45) is 0 Å². The second-order valence-corrected chi connectivity index (χ2v) is 5.70. The van der Waals surface area contributed by atoms with Crippen LogP contribution in [-0.4, -0.2) is 34.2 Å². The number of amides is 2. The first-order valence-electron chi connectivity index (χ1n) is 7.88. The van der Waals surface area contributed by atoms with Crippen molar-refractivity contribution < 1.29 is 9.59 Å². The van der Waals surface area contributed by atoms with E-state index in [2.05, 4.69) is 15.7 Å². The first kappa shape index (κ1) is 15.3. The predicted octanol–water partition coefficient (Wildman–Crippen LogP) is 1.20. The van der Waals surface area contributed by atoms with E-state index in [0.717, 1.165) is 24.1 Å². The molecule has 2 aromatic rings. The van der Waals surface area contributed by atoms with Crippen LogP contribution in [0.15, 0.2) is 42.7 Å². The summed E-state index contributed by atoms with van der Waals surface area (Å²) in [5.41, 5.74) is 1.86. The van der Waals surface area contributed by atoms with Crippen LogP contribution < -0.4 is 10.6 Å². The molecule has 1 fully saturated rings. The van der Waals surface area contributed by atoms with Gasteiger partial charge in [0.05, 0.1) is 12.1 Å². The van der Waals surface area contributed by atoms with Gasteiger partial charge in [-0.05, 0) is 43.0 Å². The number of carbonyl (C=O) groups is 2. The number of aromatic nitrogens is 2. The Morgan fingerprint density at radius 3 is 2.87 bits per heavy atom. The van der Waals surface area contributed by atoms with E-state index in [-0.39, 0.29) is 18.2 Å². The first-order valence-corrected chi connectivity index (χ1v) is 7.88. The average molecular weight is 312 g/mol. The summed E-state index contributed by atoms with van der Waals surface area (Å²) in [5.74, 6) is -0.205. The molecule has 1 aliphatic heterocycles. The van der Waals surface area contributed by atoms with Gasteiger partial charge in [-0.3, -0.25) is 9.59 Å². The molecule has 0 bridgehead atoms. The molecular weight excluding hydrogens is 292 g/mol. The standard InChI is InChI=1S/C17H20N4O2/c22-16(20-15-4-1-2-9-18-17(15)23)12-13-5-7-14(8-6-13)21-11-3-10-19-21/h3,5-8,10-11,15H,1-2,4,9,12H2,(H,18,23)(H,20,22)/t15-/m1/s1. The summed E-state index contributed by atoms with van der Waals surface area (Å²) in [6, 6.07) is 9.11. The molecule has 1 aromatic heterocycles. The Morgan fingerprint density at radius 1 is 1.30 bits per heavy atom. The van der Waals surface area contributed by atoms with Crippen molar-refractivity contribution in [1.29, 1.82) is 0 Å². The molecule has 0 spiro atoms. The van der Waals surface area contributed by atoms with Gasteiger partial charge >= 0.3 is 0 Å². The number of hydrogen-bond donors (Lipinski definition) is 2. The van der Waals surface area contributed by atoms with Crippen molar-refractivity contribution in [3.8, 4) is 5.69 Å². The van der Waals surface area contributed by atoms with Gasteiger partial charge in [-0.2, -0.15) is 5.10 Å². The molecule has 1 saturated heterocycles. The fourth-order valence-corrected chi connectivity index (χ4v) is 2.70. The van der Waals surface area contributed by atoms with E-state index in [0.29, 0.717) is 13.0 Å². The van der Waals surface area contributed by atoms with Crippen LogP contribution in [0.25, 0.3) is 5.69 Å². The minimum Gasteiger partial charge on any atom is -0.354 e. The van der Waals surface area contributed by atoms with Crippen LogP contribution in [0.3, 0.4) is 0 Å². The third-order valence-corrected chi connectivity index (χ3v) is 3.94. The normalized spacial score (nSPS) is 18.1. The van der Waals surface area contributed by atoms with E-state index in [1.807, 2.05) is 36.5 Å². The molecule has 0 radical (unpaired) electrons. The Hall–Kier alpha value is -2.63. The van der Waals surface area contributed by atoms with Crippen LogP contribution in [0, 0.1) is 0 Å². The van der Waals surface area contributed by atoms with Crippen LogP contribution in [0.5, 0.6) is 0 Å². The second-order valence-electron chi connectivity index (χ2n) is 5.70. The minimum absolute atomic E-state index is 0.0788. The number of hydrogen-bond acceptors (Lipinski definition) is 3. The molecule has 1 atom stereocenters. The second kappa shape index (κ2) is 7.09. The molecule has 0 saturated carbocycles. The number of nitrogens with one attached hydrogen (secondary N) is 2. The molecule has 1 aromatic carbocycles. The van der Waals surface area contributed by atoms with Gasteiger partial charge in [0.15, 0.2) is 0 Å². The molecule has 120 valence electrons. The van der Waals surface area contributed by atoms with E-state index in [4.69, 9.17) is 0 Å². The molecule has 6 nitrogen and oxygen atoms in total. The maximum atomic E-state index is 12.1. The van der Waals surface area contributed by atoms with Crippen molar-refractivity contribution >= 4 is 11.8 Å². The summed E-state index contributed by atoms with van der Waals surface area (Å²) >= 11 is 0. The third-order valence-electron chi connectivity index (χ3n) is 3.94. The Kier molecular flexibility index (Phi) is 4.71. The van der Waals surface area contributed by atoms with Crippen molar-refractivity contribution in [2.75, 3.05) is 6.54 Å². The maximum absolute atomic E-state index is 12.1. The highest BCUT2D eigenvalue weighted by Gasteiger charge is 2.22. The lowest BCUT2D eigenvalue weighted by Crippen LogP contribution is -2.45. The van der Waals surface area contributed by atoms with Gasteiger partial charge < -0.3 is 10.6 Å². The predicted molar refractivity (Wildman–Crippen MR) is 86.1 cm³/mol. The van der Waals surface area contributed by atoms with Gasteiger partial charge in [-0.1, -0.05) is 12.1 Å². The smallest absolute Gasteiger partial charge is 0.242 e. The van der Waals surface area contributed by atoms with E-state index >= 15 is 0 Å². The van der Waals surface area contributed by atoms with Crippen LogP contribution >= 0.6 is 0 Å². The summed E-state index contributed by atoms with van der Waals surface area (Å²) in [6.07, 6.45) is 6.47. The molecule has 1 aliphatic rings. The van der Waals surface area contributed by atoms with Crippen LogP contribution in [0.2, 0.25) is 0 Å². The van der Waals surface area contributed by atoms with Crippen LogP contribution in [-0.2, 0) is 16.0 Å². The van der Waals surface area contributed by atoms with Gasteiger partial charge in [0.25, 0.3) is 0 Å². The lowest BCUT2D eigenvalue weighted by molar-refractivity contribution is -0.128. The highest BCUT2D eigenvalue weighted by molar-refractivity contribution is 5.88. The fraction of sp³-hybridized carbons (Fsp3) is 0.353. The van der Waals surface area contributed by atoms with E-state index in [1.165, 1.54) is 0 Å². The Balaban J connectivity index is 1.58. The van der Waals surface area contributed by atoms with E-state index in [1.54, 1.807) is 10.9 Å². The van der Waals surface area contributed by atoms with Crippen LogP contribution in [0.1, 0.15) is 24.8 Å². The number of nitrogens with zero attached hydrogens (tertiary/aromatic N) is 2. The molecule has 2 N–H and O–H groups in total. The molecule has 3 rings (SSSR count). The molecule has 6 heteroatoms. The third kappa shape index (κ3) is 3.97. The number of carbonyl (C=O) groups excluding carboxylic acids is 2. The quantitative estimate of drug-likeness (QED) is 0.890. The average Bonchev–Trinajstić information content (AvgIpc) is 3.01. The van der Waals surface area contributed by atoms with E-state index in [9.17, 15) is 9.59 Å². The maximum Gasteiger partial charge on any atom is 0.242 e. The van der Waals surface area contributed by atoms with Crippen molar-refractivity contribution in [3.63, 3.8) is 0 Å². The summed E-state index contributed by atoms with van der Waals surface area (Å²) in [6.45, 7) is 0.695. The lowest BCUT2D eigenvalue weighted by atomic mass is 10.1. The Labute approximate surface area is 134 Å². The summed E-state index contributed by atoms with van der Waals surface area (Å²) < 4.78 is 1.76. The largest absolute Gasteiger partial charge is 0.354 e. The zero-order valence-electron chi connectivity index (χ0n) is 12.9. The highest BCUT2D eigenvalue weighted by atomic mass is 16.2. The van der Waals surface area contributed by atoms with Gasteiger partial charge in [0.1, 0.15) is 6.04 Å². The first-order chi connectivity index (χ1) is 11.2. The monoisotopic (exact) mass is 312 g/mol. The molecule has 0 aliphatic carbocycles. The minimum atomic E-state index is -0.409. The topological polar surface area (TPSA) is 76.0 Å². The summed E-state index contributed by atoms with van der Waals surface area (Å²) in [7, 11) is 0. The van der Waals surface area contributed by atoms with Gasteiger partial charge in [0, 0.05) is 18.9 Å². The van der Waals surface area contributed by atoms with Gasteiger partial charge in [-0.25, -0.2) is 4.68 Å². The fourth-order valence-electron chi connectivity index (χ4n) is 2.70. The van der Waals surface area contributed by atoms with Crippen molar-refractivity contribution in [1.82, 2.24) is 20.4 Å². The summed E-state index contributed by atoms with van der Waals surface area (Å²) in [4.78, 5) is 24.0. The number of benzene rings is 1. The molecule has 0 unspecified atom stereocenters. The molecule has 2 heterocycles. The Morgan fingerprint density at radius 2 is 2.13 bits per heavy atom. The van der Waals surface area contributed by atoms with Crippen molar-refractivity contribution in [3.05, 3.63) is 48.3 Å². The lowest BCUT2D eigenvalue weighted by Gasteiger charge is -2.15. The van der Waals surface area contributed by atoms with Gasteiger partial charge in [-0.15, -0.1) is 0 Å². The van der Waals surface area contributed by atoms with Crippen molar-refractivity contribution in [2.45, 2.75) is 31.7 Å². The molecular formula is C17H20N4O2. The molecule has 23 heavy (non-hydrogen) atoms. The summed E-state index contributed by atoms with van der Waals surface area (Å²) in [5, 5.41) is 9.82. The molecule has 2 amide bonds. The Bertz CT molecular complexity index is 664. The number of rotatable bonds is 4. The van der Waals surface area contributed by atoms with E-state index < -0.39 is 6.04 Å². The zero-order chi connectivity index (χ0) is 16.1. The highest BCUT2D eigenvalue weighted by Crippen LogP contribution is 2.10. The zero-order valence-corrected chi connectivity index (χ0v) is 12.9. The van der Waals surface area contributed by atoms with Crippen LogP contribution in [0.4, 0.5) is 0 Å². The SMILES string of the molecule is O=C(Cc1ccc(-n2cccn2)cc1)N[C@@H]1CCCCNC1=O.